The van der Waals surface area contributed by atoms with Crippen LogP contribution in [0.1, 0.15) is 32.1 Å². The molecule has 3 aliphatic rings. The molecule has 1 aliphatic carbocycles. The molecule has 0 aromatic carbocycles. The molecule has 2 aliphatic heterocycles. The van der Waals surface area contributed by atoms with E-state index in [9.17, 15) is 4.57 Å². The maximum Gasteiger partial charge on any atom is 0.150 e. The molecule has 12 heavy (non-hydrogen) atoms. The van der Waals surface area contributed by atoms with E-state index in [2.05, 4.69) is 0 Å². The highest BCUT2D eigenvalue weighted by Gasteiger charge is 2.80. The van der Waals surface area contributed by atoms with Gasteiger partial charge in [0.05, 0.1) is 0 Å². The summed E-state index contributed by atoms with van der Waals surface area (Å²) < 4.78 is 18.1. The maximum absolute atomic E-state index is 12.2. The molecule has 0 aromatic heterocycles. The zero-order valence-corrected chi connectivity index (χ0v) is 8.40. The van der Waals surface area contributed by atoms with Crippen LogP contribution in [0.5, 0.6) is 0 Å². The Kier molecular flexibility index (Phi) is 1.16. The molecule has 3 atom stereocenters. The fraction of sp³-hybridized carbons (Fsp3) is 1.00. The van der Waals surface area contributed by atoms with Crippen molar-refractivity contribution < 1.29 is 9.30 Å². The van der Waals surface area contributed by atoms with Gasteiger partial charge in [0.1, 0.15) is 18.1 Å². The summed E-state index contributed by atoms with van der Waals surface area (Å²) in [5, 5.41) is -0.113. The third-order valence-corrected chi connectivity index (χ3v) is 7.41. The second-order valence-electron chi connectivity index (χ2n) is 4.66. The van der Waals surface area contributed by atoms with Crippen LogP contribution in [0.15, 0.2) is 0 Å². The Morgan fingerprint density at radius 2 is 2.00 bits per heavy atom. The summed E-state index contributed by atoms with van der Waals surface area (Å²) in [5.41, 5.74) is 0.107. The van der Waals surface area contributed by atoms with E-state index in [4.69, 9.17) is 4.74 Å². The van der Waals surface area contributed by atoms with Crippen molar-refractivity contribution in [1.82, 2.24) is 0 Å². The van der Waals surface area contributed by atoms with E-state index in [1.54, 1.807) is 0 Å². The van der Waals surface area contributed by atoms with E-state index in [0.717, 1.165) is 19.0 Å². The third kappa shape index (κ3) is 0.590. The number of hydrogen-bond donors (Lipinski definition) is 0. The Hall–Kier alpha value is 0.190. The normalized spacial score (nSPS) is 62.4. The second kappa shape index (κ2) is 1.83. The molecule has 0 bridgehead atoms. The number of hydrogen-bond acceptors (Lipinski definition) is 2. The first kappa shape index (κ1) is 7.58. The summed E-state index contributed by atoms with van der Waals surface area (Å²) >= 11 is 0. The number of epoxide rings is 1. The lowest BCUT2D eigenvalue weighted by molar-refractivity contribution is 0.267. The average molecular weight is 186 g/mol. The van der Waals surface area contributed by atoms with E-state index in [-0.39, 0.29) is 10.9 Å². The molecule has 0 spiro atoms. The van der Waals surface area contributed by atoms with Crippen LogP contribution in [0.25, 0.3) is 0 Å². The molecular formula is C9H15O2P. The zero-order chi connectivity index (χ0) is 8.45. The van der Waals surface area contributed by atoms with E-state index in [1.807, 2.05) is 6.66 Å². The molecule has 3 heteroatoms. The van der Waals surface area contributed by atoms with E-state index in [0.29, 0.717) is 0 Å². The van der Waals surface area contributed by atoms with Crippen molar-refractivity contribution in [2.45, 2.75) is 43.0 Å². The highest BCUT2D eigenvalue weighted by Crippen LogP contribution is 2.82. The van der Waals surface area contributed by atoms with Crippen molar-refractivity contribution in [1.29, 1.82) is 0 Å². The highest BCUT2D eigenvalue weighted by molar-refractivity contribution is 7.65. The average Bonchev–Trinajstić information content (AvgIpc) is 2.66. The Balaban J connectivity index is 2.06. The van der Waals surface area contributed by atoms with Gasteiger partial charge in [0.2, 0.25) is 0 Å². The summed E-state index contributed by atoms with van der Waals surface area (Å²) in [7, 11) is -1.94. The summed E-state index contributed by atoms with van der Waals surface area (Å²) in [6, 6.07) is 0. The van der Waals surface area contributed by atoms with E-state index >= 15 is 0 Å². The van der Waals surface area contributed by atoms with Gasteiger partial charge in [-0.2, -0.15) is 0 Å². The van der Waals surface area contributed by atoms with Gasteiger partial charge in [-0.1, -0.05) is 6.42 Å². The fourth-order valence-corrected chi connectivity index (χ4v) is 6.54. The van der Waals surface area contributed by atoms with Crippen LogP contribution in [0.2, 0.25) is 0 Å². The number of ether oxygens (including phenoxy) is 1. The predicted octanol–water partition coefficient (Wildman–Crippen LogP) is 2.42. The van der Waals surface area contributed by atoms with Crippen molar-refractivity contribution in [3.05, 3.63) is 0 Å². The monoisotopic (exact) mass is 186 g/mol. The first-order chi connectivity index (χ1) is 5.62. The molecule has 2 nitrogen and oxygen atoms in total. The zero-order valence-electron chi connectivity index (χ0n) is 7.51. The van der Waals surface area contributed by atoms with Crippen molar-refractivity contribution in [2.75, 3.05) is 12.8 Å². The number of rotatable bonds is 0. The van der Waals surface area contributed by atoms with Crippen molar-refractivity contribution in [3.63, 3.8) is 0 Å². The lowest BCUT2D eigenvalue weighted by atomic mass is 9.87. The summed E-state index contributed by atoms with van der Waals surface area (Å²) in [4.78, 5) is 0. The molecule has 0 radical (unpaired) electrons. The van der Waals surface area contributed by atoms with E-state index in [1.165, 1.54) is 19.3 Å². The second-order valence-corrected chi connectivity index (χ2v) is 8.03. The quantitative estimate of drug-likeness (QED) is 0.429. The summed E-state index contributed by atoms with van der Waals surface area (Å²) in [6.07, 6.45) is 6.75. The highest BCUT2D eigenvalue weighted by atomic mass is 31.2. The van der Waals surface area contributed by atoms with Crippen LogP contribution in [0.3, 0.4) is 0 Å². The van der Waals surface area contributed by atoms with Crippen LogP contribution in [-0.4, -0.2) is 23.8 Å². The smallest absolute Gasteiger partial charge is 0.150 e. The van der Waals surface area contributed by atoms with Crippen LogP contribution >= 0.6 is 7.14 Å². The van der Waals surface area contributed by atoms with Gasteiger partial charge in [0.15, 0.2) is 0 Å². The molecule has 0 unspecified atom stereocenters. The van der Waals surface area contributed by atoms with Crippen molar-refractivity contribution >= 4 is 7.14 Å². The molecule has 3 rings (SSSR count). The summed E-state index contributed by atoms with van der Waals surface area (Å²) in [5.74, 6) is 0. The minimum Gasteiger partial charge on any atom is -0.354 e. The van der Waals surface area contributed by atoms with Crippen molar-refractivity contribution in [3.8, 4) is 0 Å². The van der Waals surface area contributed by atoms with Crippen LogP contribution < -0.4 is 0 Å². The van der Waals surface area contributed by atoms with E-state index < -0.39 is 7.14 Å². The van der Waals surface area contributed by atoms with Gasteiger partial charge >= 0.3 is 0 Å². The molecule has 1 saturated carbocycles. The van der Waals surface area contributed by atoms with Crippen LogP contribution in [-0.2, 0) is 9.30 Å². The summed E-state index contributed by atoms with van der Waals surface area (Å²) in [6.45, 7) is 1.95. The van der Waals surface area contributed by atoms with Crippen molar-refractivity contribution in [2.24, 2.45) is 0 Å². The largest absolute Gasteiger partial charge is 0.354 e. The lowest BCUT2D eigenvalue weighted by Crippen LogP contribution is -2.23. The third-order valence-electron chi connectivity index (χ3n) is 4.09. The SMILES string of the molecule is C[P@]1(=O)CC[C@@]23CCCC[C@]21O3. The lowest BCUT2D eigenvalue weighted by Gasteiger charge is -2.21. The molecule has 2 saturated heterocycles. The van der Waals surface area contributed by atoms with Gasteiger partial charge in [-0.25, -0.2) is 0 Å². The molecule has 0 amide bonds. The molecule has 0 N–H and O–H groups in total. The van der Waals surface area contributed by atoms with Gasteiger partial charge in [0, 0.05) is 6.16 Å². The molecule has 0 aromatic rings. The minimum absolute atomic E-state index is 0.107. The predicted molar refractivity (Wildman–Crippen MR) is 48.0 cm³/mol. The fourth-order valence-electron chi connectivity index (χ4n) is 3.31. The maximum atomic E-state index is 12.2. The Labute approximate surface area is 73.0 Å². The Morgan fingerprint density at radius 3 is 2.75 bits per heavy atom. The van der Waals surface area contributed by atoms with Gasteiger partial charge in [-0.15, -0.1) is 0 Å². The topological polar surface area (TPSA) is 29.6 Å². The van der Waals surface area contributed by atoms with Crippen LogP contribution in [0.4, 0.5) is 0 Å². The first-order valence-corrected chi connectivity index (χ1v) is 7.23. The van der Waals surface area contributed by atoms with Gasteiger partial charge in [-0.3, -0.25) is 0 Å². The molecule has 68 valence electrons. The molecular weight excluding hydrogens is 171 g/mol. The standard InChI is InChI=1S/C9H15O2P/c1-12(10)7-6-8-4-2-3-5-9(8,12)11-8/h2-7H2,1H3/t8-,9+,12-/m0/s1. The van der Waals surface area contributed by atoms with Crippen LogP contribution in [0, 0.1) is 0 Å². The molecule has 2 heterocycles. The van der Waals surface area contributed by atoms with Gasteiger partial charge in [-0.05, 0) is 32.3 Å². The van der Waals surface area contributed by atoms with Gasteiger partial charge in [0.25, 0.3) is 0 Å². The minimum atomic E-state index is -1.94. The van der Waals surface area contributed by atoms with Gasteiger partial charge < -0.3 is 9.30 Å². The first-order valence-electron chi connectivity index (χ1n) is 4.89. The Bertz CT molecular complexity index is 284. The molecule has 3 fully saturated rings. The Morgan fingerprint density at radius 1 is 1.25 bits per heavy atom.